The molecule has 0 aromatic rings. The van der Waals surface area contributed by atoms with Crippen molar-refractivity contribution in [3.63, 3.8) is 0 Å². The van der Waals surface area contributed by atoms with Crippen molar-refractivity contribution in [1.29, 1.82) is 0 Å². The summed E-state index contributed by atoms with van der Waals surface area (Å²) < 4.78 is 5.33. The van der Waals surface area contributed by atoms with Crippen molar-refractivity contribution in [3.8, 4) is 0 Å². The fourth-order valence-electron chi connectivity index (χ4n) is 1.59. The summed E-state index contributed by atoms with van der Waals surface area (Å²) >= 11 is 0. The minimum atomic E-state index is -0.282. The Morgan fingerprint density at radius 2 is 2.42 bits per heavy atom. The molecule has 0 radical (unpaired) electrons. The van der Waals surface area contributed by atoms with Crippen molar-refractivity contribution < 1.29 is 9.53 Å². The number of rotatable bonds is 2. The SMILES string of the molecule is C=CC[C@@]1(C)CCCCC(=O)O1. The van der Waals surface area contributed by atoms with E-state index in [4.69, 9.17) is 4.74 Å². The van der Waals surface area contributed by atoms with E-state index in [1.54, 1.807) is 0 Å². The first-order valence-corrected chi connectivity index (χ1v) is 4.49. The van der Waals surface area contributed by atoms with Gasteiger partial charge in [-0.05, 0) is 26.2 Å². The van der Waals surface area contributed by atoms with E-state index >= 15 is 0 Å². The van der Waals surface area contributed by atoms with Crippen LogP contribution in [0, 0.1) is 0 Å². The number of hydrogen-bond acceptors (Lipinski definition) is 2. The van der Waals surface area contributed by atoms with E-state index in [1.807, 2.05) is 13.0 Å². The molecular formula is C10H16O2. The average Bonchev–Trinajstić information content (AvgIpc) is 2.12. The Balaban J connectivity index is 2.60. The first kappa shape index (κ1) is 9.30. The van der Waals surface area contributed by atoms with Gasteiger partial charge in [0.25, 0.3) is 0 Å². The van der Waals surface area contributed by atoms with E-state index in [2.05, 4.69) is 6.58 Å². The van der Waals surface area contributed by atoms with Crippen LogP contribution in [0.3, 0.4) is 0 Å². The average molecular weight is 168 g/mol. The van der Waals surface area contributed by atoms with Crippen LogP contribution in [0.25, 0.3) is 0 Å². The predicted octanol–water partition coefficient (Wildman–Crippen LogP) is 2.44. The monoisotopic (exact) mass is 168 g/mol. The van der Waals surface area contributed by atoms with Gasteiger partial charge in [-0.1, -0.05) is 6.08 Å². The van der Waals surface area contributed by atoms with Gasteiger partial charge >= 0.3 is 5.97 Å². The van der Waals surface area contributed by atoms with E-state index in [0.29, 0.717) is 6.42 Å². The Hall–Kier alpha value is -0.790. The molecule has 1 aliphatic heterocycles. The Kier molecular flexibility index (Phi) is 2.90. The minimum Gasteiger partial charge on any atom is -0.459 e. The first-order chi connectivity index (χ1) is 5.66. The molecule has 0 N–H and O–H groups in total. The van der Waals surface area contributed by atoms with Crippen LogP contribution in [-0.2, 0) is 9.53 Å². The molecule has 0 spiro atoms. The third kappa shape index (κ3) is 2.36. The number of esters is 1. The zero-order chi connectivity index (χ0) is 9.03. The maximum atomic E-state index is 11.1. The van der Waals surface area contributed by atoms with Crippen molar-refractivity contribution in [2.75, 3.05) is 0 Å². The molecule has 1 saturated heterocycles. The summed E-state index contributed by atoms with van der Waals surface area (Å²) in [5.41, 5.74) is -0.282. The molecule has 0 unspecified atom stereocenters. The number of hydrogen-bond donors (Lipinski definition) is 0. The van der Waals surface area contributed by atoms with Crippen molar-refractivity contribution in [2.24, 2.45) is 0 Å². The van der Waals surface area contributed by atoms with Gasteiger partial charge in [-0.15, -0.1) is 6.58 Å². The highest BCUT2D eigenvalue weighted by Crippen LogP contribution is 2.27. The van der Waals surface area contributed by atoms with E-state index in [9.17, 15) is 4.79 Å². The van der Waals surface area contributed by atoms with Gasteiger partial charge in [0.2, 0.25) is 0 Å². The van der Waals surface area contributed by atoms with Crippen LogP contribution in [0.2, 0.25) is 0 Å². The van der Waals surface area contributed by atoms with Gasteiger partial charge in [-0.3, -0.25) is 4.79 Å². The lowest BCUT2D eigenvalue weighted by Gasteiger charge is -2.26. The lowest BCUT2D eigenvalue weighted by Crippen LogP contribution is -2.29. The largest absolute Gasteiger partial charge is 0.459 e. The van der Waals surface area contributed by atoms with Crippen LogP contribution in [-0.4, -0.2) is 11.6 Å². The van der Waals surface area contributed by atoms with Crippen molar-refractivity contribution in [2.45, 2.75) is 44.6 Å². The zero-order valence-corrected chi connectivity index (χ0v) is 7.64. The van der Waals surface area contributed by atoms with Gasteiger partial charge < -0.3 is 4.74 Å². The smallest absolute Gasteiger partial charge is 0.306 e. The van der Waals surface area contributed by atoms with Crippen LogP contribution >= 0.6 is 0 Å². The molecule has 0 aliphatic carbocycles. The Morgan fingerprint density at radius 1 is 1.67 bits per heavy atom. The minimum absolute atomic E-state index is 0.0585. The summed E-state index contributed by atoms with van der Waals surface area (Å²) in [7, 11) is 0. The van der Waals surface area contributed by atoms with Gasteiger partial charge in [-0.25, -0.2) is 0 Å². The first-order valence-electron chi connectivity index (χ1n) is 4.49. The maximum absolute atomic E-state index is 11.1. The topological polar surface area (TPSA) is 26.3 Å². The molecular weight excluding hydrogens is 152 g/mol. The molecule has 68 valence electrons. The maximum Gasteiger partial charge on any atom is 0.306 e. The highest BCUT2D eigenvalue weighted by molar-refractivity contribution is 5.70. The second kappa shape index (κ2) is 3.74. The molecule has 12 heavy (non-hydrogen) atoms. The molecule has 2 nitrogen and oxygen atoms in total. The van der Waals surface area contributed by atoms with Crippen LogP contribution in [0.1, 0.15) is 39.0 Å². The molecule has 1 rings (SSSR count). The molecule has 0 aromatic carbocycles. The summed E-state index contributed by atoms with van der Waals surface area (Å²) in [6.45, 7) is 5.65. The standard InChI is InChI=1S/C10H16O2/c1-3-7-10(2)8-5-4-6-9(11)12-10/h3H,1,4-8H2,2H3/t10-/m0/s1. The third-order valence-electron chi connectivity index (χ3n) is 2.27. The molecule has 1 heterocycles. The molecule has 1 atom stereocenters. The predicted molar refractivity (Wildman–Crippen MR) is 47.8 cm³/mol. The van der Waals surface area contributed by atoms with Crippen molar-refractivity contribution in [3.05, 3.63) is 12.7 Å². The Labute approximate surface area is 73.6 Å². The molecule has 1 fully saturated rings. The molecule has 0 amide bonds. The third-order valence-corrected chi connectivity index (χ3v) is 2.27. The quantitative estimate of drug-likeness (QED) is 0.467. The van der Waals surface area contributed by atoms with E-state index in [1.165, 1.54) is 0 Å². The normalized spacial score (nSPS) is 30.6. The number of cyclic esters (lactones) is 1. The molecule has 2 heteroatoms. The van der Waals surface area contributed by atoms with Crippen LogP contribution in [0.4, 0.5) is 0 Å². The Morgan fingerprint density at radius 3 is 3.08 bits per heavy atom. The van der Waals surface area contributed by atoms with E-state index < -0.39 is 0 Å². The summed E-state index contributed by atoms with van der Waals surface area (Å²) in [5, 5.41) is 0. The highest BCUT2D eigenvalue weighted by atomic mass is 16.6. The Bertz CT molecular complexity index is 186. The molecule has 0 aromatic heterocycles. The summed E-state index contributed by atoms with van der Waals surface area (Å²) in [4.78, 5) is 11.1. The lowest BCUT2D eigenvalue weighted by molar-refractivity contribution is -0.156. The molecule has 0 bridgehead atoms. The fraction of sp³-hybridized carbons (Fsp3) is 0.700. The summed E-state index contributed by atoms with van der Waals surface area (Å²) in [6.07, 6.45) is 6.16. The zero-order valence-electron chi connectivity index (χ0n) is 7.64. The van der Waals surface area contributed by atoms with Crippen LogP contribution in [0.15, 0.2) is 12.7 Å². The highest BCUT2D eigenvalue weighted by Gasteiger charge is 2.29. The van der Waals surface area contributed by atoms with Gasteiger partial charge in [0.05, 0.1) is 0 Å². The lowest BCUT2D eigenvalue weighted by atomic mass is 9.96. The second-order valence-electron chi connectivity index (χ2n) is 3.62. The van der Waals surface area contributed by atoms with Gasteiger partial charge in [0.1, 0.15) is 5.60 Å². The van der Waals surface area contributed by atoms with Gasteiger partial charge in [-0.2, -0.15) is 0 Å². The van der Waals surface area contributed by atoms with Gasteiger partial charge in [0.15, 0.2) is 0 Å². The van der Waals surface area contributed by atoms with Gasteiger partial charge in [0, 0.05) is 12.8 Å². The van der Waals surface area contributed by atoms with Crippen molar-refractivity contribution >= 4 is 5.97 Å². The van der Waals surface area contributed by atoms with E-state index in [0.717, 1.165) is 25.7 Å². The second-order valence-corrected chi connectivity index (χ2v) is 3.62. The van der Waals surface area contributed by atoms with Crippen LogP contribution < -0.4 is 0 Å². The molecule has 0 saturated carbocycles. The molecule has 1 aliphatic rings. The van der Waals surface area contributed by atoms with Crippen molar-refractivity contribution in [1.82, 2.24) is 0 Å². The number of ether oxygens (including phenoxy) is 1. The summed E-state index contributed by atoms with van der Waals surface area (Å²) in [5.74, 6) is -0.0585. The summed E-state index contributed by atoms with van der Waals surface area (Å²) in [6, 6.07) is 0. The number of carbonyl (C=O) groups excluding carboxylic acids is 1. The van der Waals surface area contributed by atoms with Crippen LogP contribution in [0.5, 0.6) is 0 Å². The number of carbonyl (C=O) groups is 1. The van der Waals surface area contributed by atoms with E-state index in [-0.39, 0.29) is 11.6 Å². The fourth-order valence-corrected chi connectivity index (χ4v) is 1.59.